The standard InChI is InChI=1S/C37H50F2N4O3/c1-5-46-33-11-9-26(10-12-33)19-31-22-35(43(40-31)18-15-38)27-13-16-42(17-14-27)24-29-21-32(41(4)36(25(2)3)37(44)45)23-34(29)28-7-6-8-30(39)20-28/h6-12,20,22,25,27,29,32,34,36H,5,13-19,21,23-24H2,1-4H3,(H,44,45)/t29?,32?,34?,36-/m1/s1. The zero-order chi connectivity index (χ0) is 32.8. The number of alkyl halides is 1. The van der Waals surface area contributed by atoms with E-state index in [1.807, 2.05) is 55.6 Å². The fourth-order valence-electron chi connectivity index (χ4n) is 7.92. The molecule has 1 aromatic heterocycles. The van der Waals surface area contributed by atoms with Gasteiger partial charge in [0.05, 0.1) is 18.8 Å². The Morgan fingerprint density at radius 1 is 1.11 bits per heavy atom. The van der Waals surface area contributed by atoms with E-state index in [2.05, 4.69) is 23.1 Å². The number of ether oxygens (including phenoxy) is 1. The lowest BCUT2D eigenvalue weighted by molar-refractivity contribution is -0.145. The van der Waals surface area contributed by atoms with Gasteiger partial charge in [-0.05, 0) is 112 Å². The lowest BCUT2D eigenvalue weighted by atomic mass is 9.87. The van der Waals surface area contributed by atoms with Gasteiger partial charge in [0, 0.05) is 30.6 Å². The van der Waals surface area contributed by atoms with Gasteiger partial charge in [-0.3, -0.25) is 14.4 Å². The highest BCUT2D eigenvalue weighted by Gasteiger charge is 2.42. The van der Waals surface area contributed by atoms with Crippen molar-refractivity contribution < 1.29 is 23.4 Å². The molecule has 0 spiro atoms. The molecule has 4 atom stereocenters. The highest BCUT2D eigenvalue weighted by molar-refractivity contribution is 5.73. The van der Waals surface area contributed by atoms with Crippen LogP contribution in [-0.4, -0.2) is 82.7 Å². The highest BCUT2D eigenvalue weighted by Crippen LogP contribution is 2.43. The van der Waals surface area contributed by atoms with Gasteiger partial charge in [-0.1, -0.05) is 38.1 Å². The smallest absolute Gasteiger partial charge is 0.321 e. The molecular formula is C37H50F2N4O3. The maximum atomic E-state index is 14.3. The second kappa shape index (κ2) is 15.5. The van der Waals surface area contributed by atoms with E-state index >= 15 is 0 Å². The minimum atomic E-state index is -0.792. The summed E-state index contributed by atoms with van der Waals surface area (Å²) in [5.41, 5.74) is 4.22. The molecule has 3 unspecified atom stereocenters. The van der Waals surface area contributed by atoms with Crippen LogP contribution in [0.25, 0.3) is 0 Å². The number of aromatic nitrogens is 2. The first-order valence-corrected chi connectivity index (χ1v) is 16.9. The third-order valence-electron chi connectivity index (χ3n) is 10.1. The molecule has 5 rings (SSSR count). The predicted molar refractivity (Wildman–Crippen MR) is 177 cm³/mol. The van der Waals surface area contributed by atoms with Crippen molar-refractivity contribution in [2.75, 3.05) is 40.0 Å². The summed E-state index contributed by atoms with van der Waals surface area (Å²) in [4.78, 5) is 16.7. The Balaban J connectivity index is 1.25. The molecule has 2 fully saturated rings. The summed E-state index contributed by atoms with van der Waals surface area (Å²) in [5, 5.41) is 14.8. The first kappa shape index (κ1) is 34.0. The molecule has 1 aliphatic heterocycles. The maximum absolute atomic E-state index is 14.3. The third-order valence-corrected chi connectivity index (χ3v) is 10.1. The second-order valence-electron chi connectivity index (χ2n) is 13.5. The van der Waals surface area contributed by atoms with Gasteiger partial charge in [-0.25, -0.2) is 8.78 Å². The van der Waals surface area contributed by atoms with E-state index in [1.54, 1.807) is 12.1 Å². The summed E-state index contributed by atoms with van der Waals surface area (Å²) < 4.78 is 35.3. The van der Waals surface area contributed by atoms with Crippen molar-refractivity contribution in [2.24, 2.45) is 11.8 Å². The molecule has 2 aliphatic rings. The first-order valence-electron chi connectivity index (χ1n) is 16.9. The normalized spacial score (nSPS) is 21.7. The molecule has 46 heavy (non-hydrogen) atoms. The quantitative estimate of drug-likeness (QED) is 0.211. The minimum absolute atomic E-state index is 0.0134. The van der Waals surface area contributed by atoms with Crippen molar-refractivity contribution in [3.8, 4) is 5.75 Å². The molecule has 9 heteroatoms. The first-order chi connectivity index (χ1) is 22.2. The van der Waals surface area contributed by atoms with Gasteiger partial charge >= 0.3 is 5.97 Å². The summed E-state index contributed by atoms with van der Waals surface area (Å²) in [6, 6.07) is 16.7. The molecule has 2 heterocycles. The topological polar surface area (TPSA) is 70.8 Å². The number of rotatable bonds is 14. The molecule has 1 saturated heterocycles. The number of benzene rings is 2. The third kappa shape index (κ3) is 8.15. The number of halogens is 2. The SMILES string of the molecule is CCOc1ccc(Cc2cc(C3CCN(CC4CC(N(C)[C@@H](C(=O)O)C(C)C)CC4c4cccc(F)c4)CC3)n(CCF)n2)cc1. The zero-order valence-corrected chi connectivity index (χ0v) is 27.7. The van der Waals surface area contributed by atoms with E-state index < -0.39 is 18.7 Å². The largest absolute Gasteiger partial charge is 0.494 e. The predicted octanol–water partition coefficient (Wildman–Crippen LogP) is 6.76. The second-order valence-corrected chi connectivity index (χ2v) is 13.5. The molecule has 0 bridgehead atoms. The molecule has 1 aliphatic carbocycles. The van der Waals surface area contributed by atoms with E-state index in [0.717, 1.165) is 73.6 Å². The number of likely N-dealkylation sites (tertiary alicyclic amines) is 1. The van der Waals surface area contributed by atoms with E-state index in [0.29, 0.717) is 24.9 Å². The molecule has 250 valence electrons. The highest BCUT2D eigenvalue weighted by atomic mass is 19.1. The molecule has 3 aromatic rings. The molecule has 1 saturated carbocycles. The van der Waals surface area contributed by atoms with Gasteiger partial charge < -0.3 is 14.7 Å². The summed E-state index contributed by atoms with van der Waals surface area (Å²) >= 11 is 0. The molecule has 1 N–H and O–H groups in total. The number of piperidine rings is 1. The van der Waals surface area contributed by atoms with Crippen molar-refractivity contribution >= 4 is 5.97 Å². The van der Waals surface area contributed by atoms with E-state index in [9.17, 15) is 18.7 Å². The van der Waals surface area contributed by atoms with Gasteiger partial charge in [-0.2, -0.15) is 5.10 Å². The Hall–Kier alpha value is -3.30. The van der Waals surface area contributed by atoms with Crippen LogP contribution in [0.4, 0.5) is 8.78 Å². The van der Waals surface area contributed by atoms with Crippen molar-refractivity contribution in [1.82, 2.24) is 19.6 Å². The molecule has 7 nitrogen and oxygen atoms in total. The van der Waals surface area contributed by atoms with Crippen LogP contribution in [0.1, 0.15) is 80.8 Å². The molecule has 2 aromatic carbocycles. The zero-order valence-electron chi connectivity index (χ0n) is 27.7. The number of carboxylic acids is 1. The number of carbonyl (C=O) groups is 1. The van der Waals surface area contributed by atoms with E-state index in [4.69, 9.17) is 9.84 Å². The minimum Gasteiger partial charge on any atom is -0.494 e. The number of carboxylic acid groups (broad SMARTS) is 1. The summed E-state index contributed by atoms with van der Waals surface area (Å²) in [7, 11) is 1.94. The van der Waals surface area contributed by atoms with Crippen LogP contribution in [0.3, 0.4) is 0 Å². The maximum Gasteiger partial charge on any atom is 0.321 e. The van der Waals surface area contributed by atoms with Gasteiger partial charge in [0.1, 0.15) is 24.3 Å². The average Bonchev–Trinajstić information content (AvgIpc) is 3.63. The summed E-state index contributed by atoms with van der Waals surface area (Å²) in [6.07, 6.45) is 4.32. The van der Waals surface area contributed by atoms with E-state index in [-0.39, 0.29) is 30.2 Å². The van der Waals surface area contributed by atoms with Crippen LogP contribution in [0.15, 0.2) is 54.6 Å². The number of hydrogen-bond donors (Lipinski definition) is 1. The van der Waals surface area contributed by atoms with Crippen LogP contribution in [0, 0.1) is 17.7 Å². The molecular weight excluding hydrogens is 586 g/mol. The van der Waals surface area contributed by atoms with Crippen molar-refractivity contribution in [3.63, 3.8) is 0 Å². The average molecular weight is 637 g/mol. The van der Waals surface area contributed by atoms with E-state index in [1.165, 1.54) is 6.07 Å². The van der Waals surface area contributed by atoms with Crippen molar-refractivity contribution in [2.45, 2.75) is 83.3 Å². The van der Waals surface area contributed by atoms with Crippen molar-refractivity contribution in [1.29, 1.82) is 0 Å². The van der Waals surface area contributed by atoms with Crippen LogP contribution in [-0.2, 0) is 17.8 Å². The Morgan fingerprint density at radius 2 is 1.85 bits per heavy atom. The number of aryl methyl sites for hydroxylation is 1. The summed E-state index contributed by atoms with van der Waals surface area (Å²) in [5.74, 6) is 0.591. The van der Waals surface area contributed by atoms with Crippen LogP contribution in [0.2, 0.25) is 0 Å². The monoisotopic (exact) mass is 636 g/mol. The van der Waals surface area contributed by atoms with Crippen LogP contribution >= 0.6 is 0 Å². The Labute approximate surface area is 272 Å². The van der Waals surface area contributed by atoms with Crippen molar-refractivity contribution in [3.05, 3.63) is 82.9 Å². The Morgan fingerprint density at radius 3 is 2.48 bits per heavy atom. The van der Waals surface area contributed by atoms with Gasteiger partial charge in [0.15, 0.2) is 0 Å². The lowest BCUT2D eigenvalue weighted by Gasteiger charge is -2.35. The lowest BCUT2D eigenvalue weighted by Crippen LogP contribution is -2.47. The molecule has 0 amide bonds. The van der Waals surface area contributed by atoms with Gasteiger partial charge in [-0.15, -0.1) is 0 Å². The van der Waals surface area contributed by atoms with Gasteiger partial charge in [0.25, 0.3) is 0 Å². The summed E-state index contributed by atoms with van der Waals surface area (Å²) in [6.45, 7) is 9.07. The number of aliphatic carboxylic acids is 1. The van der Waals surface area contributed by atoms with Gasteiger partial charge in [0.2, 0.25) is 0 Å². The Kier molecular flexibility index (Phi) is 11.5. The number of hydrogen-bond acceptors (Lipinski definition) is 5. The molecule has 0 radical (unpaired) electrons. The van der Waals surface area contributed by atoms with Crippen LogP contribution < -0.4 is 4.74 Å². The number of likely N-dealkylation sites (N-methyl/N-ethyl adjacent to an activating group) is 1. The van der Waals surface area contributed by atoms with Crippen LogP contribution in [0.5, 0.6) is 5.75 Å². The fraction of sp³-hybridized carbons (Fsp3) is 0.568. The fourth-order valence-corrected chi connectivity index (χ4v) is 7.92. The number of nitrogens with zero attached hydrogens (tertiary/aromatic N) is 4. The Bertz CT molecular complexity index is 1420.